The van der Waals surface area contributed by atoms with E-state index in [0.717, 1.165) is 6.07 Å². The molecule has 0 aliphatic carbocycles. The van der Waals surface area contributed by atoms with E-state index in [1.807, 2.05) is 0 Å². The highest BCUT2D eigenvalue weighted by molar-refractivity contribution is 7.92. The minimum absolute atomic E-state index is 0.0709. The molecule has 1 aromatic carbocycles. The van der Waals surface area contributed by atoms with Gasteiger partial charge in [0.15, 0.2) is 0 Å². The first kappa shape index (κ1) is 14.3. The second-order valence-electron chi connectivity index (χ2n) is 3.77. The lowest BCUT2D eigenvalue weighted by molar-refractivity contribution is 0.0696. The van der Waals surface area contributed by atoms with Crippen LogP contribution in [-0.4, -0.2) is 24.5 Å². The van der Waals surface area contributed by atoms with Gasteiger partial charge in [0, 0.05) is 6.20 Å². The number of rotatable bonds is 4. The van der Waals surface area contributed by atoms with Crippen molar-refractivity contribution in [3.8, 4) is 0 Å². The number of carboxylic acids is 1. The van der Waals surface area contributed by atoms with Crippen LogP contribution in [0.1, 0.15) is 10.4 Å². The number of aromatic carboxylic acids is 1. The fourth-order valence-electron chi connectivity index (χ4n) is 1.46. The monoisotopic (exact) mass is 312 g/mol. The van der Waals surface area contributed by atoms with E-state index in [2.05, 4.69) is 9.71 Å². The molecule has 2 aromatic rings. The van der Waals surface area contributed by atoms with Crippen LogP contribution in [-0.2, 0) is 10.0 Å². The molecule has 6 nitrogen and oxygen atoms in total. The SMILES string of the molecule is O=C(O)c1ccc(Cl)c(S(=O)(=O)Nc2ccccn2)c1. The predicted molar refractivity (Wildman–Crippen MR) is 73.5 cm³/mol. The molecule has 0 saturated heterocycles. The molecule has 0 atom stereocenters. The summed E-state index contributed by atoms with van der Waals surface area (Å²) in [6.45, 7) is 0. The fourth-order valence-corrected chi connectivity index (χ4v) is 2.99. The zero-order valence-electron chi connectivity index (χ0n) is 9.95. The van der Waals surface area contributed by atoms with Crippen molar-refractivity contribution in [3.63, 3.8) is 0 Å². The van der Waals surface area contributed by atoms with Crippen molar-refractivity contribution in [3.05, 3.63) is 53.2 Å². The van der Waals surface area contributed by atoms with Crippen LogP contribution in [0.3, 0.4) is 0 Å². The van der Waals surface area contributed by atoms with E-state index in [1.54, 1.807) is 12.1 Å². The van der Waals surface area contributed by atoms with Crippen molar-refractivity contribution in [2.75, 3.05) is 4.72 Å². The van der Waals surface area contributed by atoms with E-state index < -0.39 is 16.0 Å². The molecular weight excluding hydrogens is 304 g/mol. The third-order valence-corrected chi connectivity index (χ3v) is 4.21. The summed E-state index contributed by atoms with van der Waals surface area (Å²) in [7, 11) is -4.01. The summed E-state index contributed by atoms with van der Waals surface area (Å²) in [5.41, 5.74) is -0.171. The second kappa shape index (κ2) is 5.48. The number of benzene rings is 1. The third-order valence-electron chi connectivity index (χ3n) is 2.37. The van der Waals surface area contributed by atoms with Crippen LogP contribution in [0.5, 0.6) is 0 Å². The number of aromatic nitrogens is 1. The highest BCUT2D eigenvalue weighted by Crippen LogP contribution is 2.24. The van der Waals surface area contributed by atoms with E-state index in [9.17, 15) is 13.2 Å². The smallest absolute Gasteiger partial charge is 0.335 e. The molecule has 2 N–H and O–H groups in total. The van der Waals surface area contributed by atoms with Gasteiger partial charge >= 0.3 is 5.97 Å². The normalized spacial score (nSPS) is 11.1. The fraction of sp³-hybridized carbons (Fsp3) is 0. The van der Waals surface area contributed by atoms with Gasteiger partial charge in [-0.25, -0.2) is 18.2 Å². The lowest BCUT2D eigenvalue weighted by Crippen LogP contribution is -2.15. The third kappa shape index (κ3) is 3.06. The highest BCUT2D eigenvalue weighted by Gasteiger charge is 2.20. The van der Waals surface area contributed by atoms with Crippen molar-refractivity contribution in [2.24, 2.45) is 0 Å². The van der Waals surface area contributed by atoms with Crippen LogP contribution < -0.4 is 4.72 Å². The number of anilines is 1. The predicted octanol–water partition coefficient (Wildman–Crippen LogP) is 2.23. The van der Waals surface area contributed by atoms with Crippen LogP contribution in [0, 0.1) is 0 Å². The molecule has 0 fully saturated rings. The van der Waals surface area contributed by atoms with Crippen molar-refractivity contribution < 1.29 is 18.3 Å². The van der Waals surface area contributed by atoms with Gasteiger partial charge < -0.3 is 5.11 Å². The molecule has 0 radical (unpaired) electrons. The summed E-state index contributed by atoms with van der Waals surface area (Å²) < 4.78 is 26.6. The Morgan fingerprint density at radius 2 is 2.00 bits per heavy atom. The topological polar surface area (TPSA) is 96.4 Å². The van der Waals surface area contributed by atoms with Crippen molar-refractivity contribution >= 4 is 33.4 Å². The highest BCUT2D eigenvalue weighted by atomic mass is 35.5. The van der Waals surface area contributed by atoms with Crippen LogP contribution >= 0.6 is 11.6 Å². The molecule has 1 aromatic heterocycles. The van der Waals surface area contributed by atoms with Gasteiger partial charge in [-0.1, -0.05) is 17.7 Å². The van der Waals surface area contributed by atoms with Gasteiger partial charge in [-0.15, -0.1) is 0 Å². The summed E-state index contributed by atoms with van der Waals surface area (Å²) in [5.74, 6) is -1.12. The molecule has 1 heterocycles. The largest absolute Gasteiger partial charge is 0.478 e. The number of sulfonamides is 1. The molecule has 104 valence electrons. The molecule has 0 aliphatic rings. The van der Waals surface area contributed by atoms with Gasteiger partial charge in [-0.2, -0.15) is 0 Å². The van der Waals surface area contributed by atoms with Crippen LogP contribution in [0.2, 0.25) is 5.02 Å². The molecule has 20 heavy (non-hydrogen) atoms. The number of pyridine rings is 1. The van der Waals surface area contributed by atoms with E-state index in [1.165, 1.54) is 24.4 Å². The average molecular weight is 313 g/mol. The van der Waals surface area contributed by atoms with Crippen LogP contribution in [0.4, 0.5) is 5.82 Å². The van der Waals surface area contributed by atoms with Gasteiger partial charge in [0.25, 0.3) is 10.0 Å². The Bertz CT molecular complexity index is 747. The molecule has 0 unspecified atom stereocenters. The van der Waals surface area contributed by atoms with E-state index in [-0.39, 0.29) is 21.3 Å². The van der Waals surface area contributed by atoms with Crippen molar-refractivity contribution in [2.45, 2.75) is 4.90 Å². The number of hydrogen-bond acceptors (Lipinski definition) is 4. The number of carboxylic acid groups (broad SMARTS) is 1. The summed E-state index contributed by atoms with van der Waals surface area (Å²) in [5, 5.41) is 8.81. The Kier molecular flexibility index (Phi) is 3.91. The molecule has 8 heteroatoms. The van der Waals surface area contributed by atoms with Gasteiger partial charge in [0.05, 0.1) is 10.6 Å². The van der Waals surface area contributed by atoms with Gasteiger partial charge in [0.2, 0.25) is 0 Å². The lowest BCUT2D eigenvalue weighted by Gasteiger charge is -2.09. The summed E-state index contributed by atoms with van der Waals surface area (Å²) in [6.07, 6.45) is 1.42. The second-order valence-corrected chi connectivity index (χ2v) is 5.83. The van der Waals surface area contributed by atoms with E-state index >= 15 is 0 Å². The molecule has 0 bridgehead atoms. The maximum Gasteiger partial charge on any atom is 0.335 e. The molecule has 0 aliphatic heterocycles. The number of nitrogens with zero attached hydrogens (tertiary/aromatic N) is 1. The van der Waals surface area contributed by atoms with Crippen LogP contribution in [0.15, 0.2) is 47.5 Å². The number of nitrogens with one attached hydrogen (secondary N) is 1. The maximum absolute atomic E-state index is 12.2. The number of halogens is 1. The first-order valence-electron chi connectivity index (χ1n) is 5.37. The molecule has 0 amide bonds. The summed E-state index contributed by atoms with van der Waals surface area (Å²) in [4.78, 5) is 14.4. The molecule has 0 spiro atoms. The standard InChI is InChI=1S/C12H9ClN2O4S/c13-9-5-4-8(12(16)17)7-10(9)20(18,19)15-11-3-1-2-6-14-11/h1-7H,(H,14,15)(H,16,17). The Balaban J connectivity index is 2.44. The first-order chi connectivity index (χ1) is 9.40. The first-order valence-corrected chi connectivity index (χ1v) is 7.23. The van der Waals surface area contributed by atoms with E-state index in [0.29, 0.717) is 0 Å². The zero-order valence-corrected chi connectivity index (χ0v) is 11.5. The quantitative estimate of drug-likeness (QED) is 0.902. The van der Waals surface area contributed by atoms with Crippen LogP contribution in [0.25, 0.3) is 0 Å². The molecular formula is C12H9ClN2O4S. The maximum atomic E-state index is 12.2. The zero-order chi connectivity index (χ0) is 14.8. The minimum Gasteiger partial charge on any atom is -0.478 e. The molecule has 0 saturated carbocycles. The van der Waals surface area contributed by atoms with Crippen molar-refractivity contribution in [1.29, 1.82) is 0 Å². The van der Waals surface area contributed by atoms with Gasteiger partial charge in [-0.3, -0.25) is 4.72 Å². The Morgan fingerprint density at radius 1 is 1.25 bits per heavy atom. The lowest BCUT2D eigenvalue weighted by atomic mass is 10.2. The summed E-state index contributed by atoms with van der Waals surface area (Å²) in [6, 6.07) is 8.15. The average Bonchev–Trinajstić information content (AvgIpc) is 2.39. The number of carbonyl (C=O) groups is 1. The number of hydrogen-bond donors (Lipinski definition) is 2. The van der Waals surface area contributed by atoms with Gasteiger partial charge in [-0.05, 0) is 30.3 Å². The van der Waals surface area contributed by atoms with E-state index in [4.69, 9.17) is 16.7 Å². The summed E-state index contributed by atoms with van der Waals surface area (Å²) >= 11 is 5.82. The molecule has 2 rings (SSSR count). The Labute approximate surface area is 120 Å². The van der Waals surface area contributed by atoms with Crippen molar-refractivity contribution in [1.82, 2.24) is 4.98 Å². The Morgan fingerprint density at radius 3 is 2.60 bits per heavy atom. The Hall–Kier alpha value is -2.12. The minimum atomic E-state index is -4.01. The van der Waals surface area contributed by atoms with Gasteiger partial charge in [0.1, 0.15) is 10.7 Å².